The molecule has 4 aliphatic rings. The first-order valence-corrected chi connectivity index (χ1v) is 19.0. The van der Waals surface area contributed by atoms with Crippen LogP contribution in [0.2, 0.25) is 10.0 Å². The Kier molecular flexibility index (Phi) is 9.24. The number of allylic oxidation sites excluding steroid dienone is 2. The number of carbonyl (C=O) groups excluding carboxylic acids is 4. The Morgan fingerprint density at radius 1 is 0.946 bits per heavy atom. The molecule has 6 atom stereocenters. The molecule has 2 aliphatic heterocycles. The summed E-state index contributed by atoms with van der Waals surface area (Å²) in [5, 5.41) is 12.7. The SMILES string of the molecule is COc1cc(C2C3=CCC4C(=O)N(N(C)c5nc(C(F)(F)F)ccc5Cl)C(=O)C4C3CC3C(=O)N(c4cccc(Cl)c4)C(=O)C32c2ccccc2)cc(Br)c1O. The predicted octanol–water partition coefficient (Wildman–Crippen LogP) is 8.10. The minimum Gasteiger partial charge on any atom is -0.503 e. The Balaban J connectivity index is 1.32. The number of benzene rings is 3. The number of hydrogen-bond donors (Lipinski definition) is 1. The number of hydrogen-bond acceptors (Lipinski definition) is 8. The largest absolute Gasteiger partial charge is 0.503 e. The maximum absolute atomic E-state index is 15.4. The van der Waals surface area contributed by atoms with Crippen LogP contribution in [-0.2, 0) is 30.8 Å². The van der Waals surface area contributed by atoms with Crippen molar-refractivity contribution in [3.8, 4) is 11.5 Å². The molecule has 4 aromatic rings. The van der Waals surface area contributed by atoms with E-state index in [0.717, 1.165) is 21.0 Å². The van der Waals surface area contributed by atoms with Gasteiger partial charge in [0, 0.05) is 18.0 Å². The zero-order chi connectivity index (χ0) is 40.0. The van der Waals surface area contributed by atoms with E-state index in [2.05, 4.69) is 20.9 Å². The molecule has 3 aromatic carbocycles. The van der Waals surface area contributed by atoms with Crippen molar-refractivity contribution in [2.24, 2.45) is 23.7 Å². The van der Waals surface area contributed by atoms with Crippen LogP contribution in [-0.4, -0.2) is 52.9 Å². The number of phenols is 1. The molecule has 0 bridgehead atoms. The molecule has 6 unspecified atom stereocenters. The second kappa shape index (κ2) is 13.6. The van der Waals surface area contributed by atoms with E-state index in [4.69, 9.17) is 27.9 Å². The van der Waals surface area contributed by atoms with E-state index < -0.39 is 76.3 Å². The van der Waals surface area contributed by atoms with Gasteiger partial charge in [0.05, 0.1) is 45.5 Å². The third-order valence-electron chi connectivity index (χ3n) is 11.5. The second-order valence-electron chi connectivity index (χ2n) is 14.2. The average Bonchev–Trinajstić information content (AvgIpc) is 3.56. The van der Waals surface area contributed by atoms with Crippen LogP contribution in [0.3, 0.4) is 0 Å². The predicted molar refractivity (Wildman–Crippen MR) is 203 cm³/mol. The molecule has 1 aromatic heterocycles. The van der Waals surface area contributed by atoms with E-state index in [1.165, 1.54) is 20.2 Å². The number of imide groups is 2. The Labute approximate surface area is 336 Å². The van der Waals surface area contributed by atoms with Crippen LogP contribution in [0.5, 0.6) is 11.5 Å². The molecule has 4 amide bonds. The Morgan fingerprint density at radius 3 is 2.36 bits per heavy atom. The molecule has 3 heterocycles. The minimum atomic E-state index is -4.83. The van der Waals surface area contributed by atoms with E-state index in [-0.39, 0.29) is 39.5 Å². The summed E-state index contributed by atoms with van der Waals surface area (Å²) in [5.41, 5.74) is -0.991. The number of aromatic hydroxyl groups is 1. The van der Waals surface area contributed by atoms with Crippen molar-refractivity contribution in [3.05, 3.63) is 122 Å². The number of methoxy groups -OCH3 is 1. The molecule has 8 rings (SSSR count). The topological polar surface area (TPSA) is 120 Å². The molecule has 1 N–H and O–H groups in total. The van der Waals surface area contributed by atoms with E-state index >= 15 is 4.79 Å². The average molecular weight is 871 g/mol. The normalized spacial score (nSPS) is 25.9. The number of carbonyl (C=O) groups is 4. The number of fused-ring (bicyclic) bond motifs is 4. The van der Waals surface area contributed by atoms with Gasteiger partial charge in [-0.05, 0) is 88.3 Å². The molecule has 1 saturated carbocycles. The molecule has 10 nitrogen and oxygen atoms in total. The summed E-state index contributed by atoms with van der Waals surface area (Å²) in [5.74, 6) is -7.88. The number of alkyl halides is 3. The van der Waals surface area contributed by atoms with Crippen LogP contribution in [0.4, 0.5) is 24.7 Å². The van der Waals surface area contributed by atoms with Crippen molar-refractivity contribution >= 4 is 74.3 Å². The number of aromatic nitrogens is 1. The molecule has 2 aliphatic carbocycles. The lowest BCUT2D eigenvalue weighted by atomic mass is 9.49. The summed E-state index contributed by atoms with van der Waals surface area (Å²) in [7, 11) is 2.61. The maximum atomic E-state index is 15.4. The summed E-state index contributed by atoms with van der Waals surface area (Å²) in [4.78, 5) is 64.1. The van der Waals surface area contributed by atoms with Crippen LogP contribution < -0.4 is 14.6 Å². The van der Waals surface area contributed by atoms with Gasteiger partial charge in [0.2, 0.25) is 11.8 Å². The van der Waals surface area contributed by atoms with Gasteiger partial charge in [-0.3, -0.25) is 24.2 Å². The van der Waals surface area contributed by atoms with Crippen LogP contribution in [0, 0.1) is 23.7 Å². The number of hydrazine groups is 1. The zero-order valence-electron chi connectivity index (χ0n) is 29.4. The summed E-state index contributed by atoms with van der Waals surface area (Å²) < 4.78 is 46.9. The third kappa shape index (κ3) is 5.54. The van der Waals surface area contributed by atoms with Crippen molar-refractivity contribution in [3.63, 3.8) is 0 Å². The first-order valence-electron chi connectivity index (χ1n) is 17.4. The lowest BCUT2D eigenvalue weighted by Gasteiger charge is -2.50. The quantitative estimate of drug-likeness (QED) is 0.153. The van der Waals surface area contributed by atoms with Gasteiger partial charge in [-0.1, -0.05) is 71.2 Å². The Hall–Kier alpha value is -4.92. The molecule has 2 saturated heterocycles. The fourth-order valence-electron chi connectivity index (χ4n) is 9.22. The minimum absolute atomic E-state index is 0.0322. The summed E-state index contributed by atoms with van der Waals surface area (Å²) in [6.45, 7) is 0. The van der Waals surface area contributed by atoms with Gasteiger partial charge >= 0.3 is 6.18 Å². The lowest BCUT2D eigenvalue weighted by Crippen LogP contribution is -2.53. The number of ether oxygens (including phenoxy) is 1. The fraction of sp³-hybridized carbons (Fsp3) is 0.275. The van der Waals surface area contributed by atoms with Crippen molar-refractivity contribution in [1.82, 2.24) is 9.99 Å². The number of phenolic OH excluding ortho intramolecular Hbond substituents is 1. The van der Waals surface area contributed by atoms with Crippen LogP contribution in [0.15, 0.2) is 95.0 Å². The van der Waals surface area contributed by atoms with Gasteiger partial charge in [0.15, 0.2) is 17.3 Å². The number of nitrogens with zero attached hydrogens (tertiary/aromatic N) is 4. The maximum Gasteiger partial charge on any atom is 0.433 e. The van der Waals surface area contributed by atoms with Crippen molar-refractivity contribution in [2.75, 3.05) is 24.1 Å². The smallest absolute Gasteiger partial charge is 0.433 e. The number of rotatable bonds is 6. The van der Waals surface area contributed by atoms with Crippen LogP contribution >= 0.6 is 39.1 Å². The lowest BCUT2D eigenvalue weighted by molar-refractivity contribution is -0.141. The standard InChI is InChI=1S/C40H30BrCl2F3N4O6/c1-48(34-28(43)13-14-30(47-34)40(44,45)46)50-35(52)24-12-11-23-25(31(24)37(50)54)18-26-36(53)49(22-10-6-9-21(42)17-22)38(55)39(26,20-7-4-3-5-8-20)32(23)19-15-27(41)33(51)29(16-19)56-2/h3-11,13-17,24-26,31-32,51H,12,18H2,1-2H3. The Bertz CT molecular complexity index is 2380. The molecule has 16 heteroatoms. The monoisotopic (exact) mass is 868 g/mol. The van der Waals surface area contributed by atoms with Gasteiger partial charge in [-0.25, -0.2) is 9.88 Å². The number of pyridine rings is 1. The van der Waals surface area contributed by atoms with Gasteiger partial charge in [-0.2, -0.15) is 18.2 Å². The molecule has 56 heavy (non-hydrogen) atoms. The molecule has 0 spiro atoms. The summed E-state index contributed by atoms with van der Waals surface area (Å²) >= 11 is 16.1. The first kappa shape index (κ1) is 38.0. The zero-order valence-corrected chi connectivity index (χ0v) is 32.5. The van der Waals surface area contributed by atoms with E-state index in [9.17, 15) is 32.7 Å². The highest BCUT2D eigenvalue weighted by atomic mass is 79.9. The van der Waals surface area contributed by atoms with E-state index in [0.29, 0.717) is 27.8 Å². The molecular formula is C40H30BrCl2F3N4O6. The number of halogens is 6. The molecular weight excluding hydrogens is 840 g/mol. The molecule has 3 fully saturated rings. The van der Waals surface area contributed by atoms with Crippen molar-refractivity contribution in [1.29, 1.82) is 0 Å². The molecule has 288 valence electrons. The van der Waals surface area contributed by atoms with Gasteiger partial charge in [0.1, 0.15) is 5.69 Å². The van der Waals surface area contributed by atoms with Crippen LogP contribution in [0.1, 0.15) is 35.6 Å². The van der Waals surface area contributed by atoms with Gasteiger partial charge in [-0.15, -0.1) is 0 Å². The van der Waals surface area contributed by atoms with Gasteiger partial charge < -0.3 is 9.84 Å². The van der Waals surface area contributed by atoms with Crippen molar-refractivity contribution in [2.45, 2.75) is 30.4 Å². The van der Waals surface area contributed by atoms with Gasteiger partial charge in [0.25, 0.3) is 11.8 Å². The third-order valence-corrected chi connectivity index (χ3v) is 12.6. The first-order chi connectivity index (χ1) is 26.6. The summed E-state index contributed by atoms with van der Waals surface area (Å²) in [6, 6.07) is 20.2. The van der Waals surface area contributed by atoms with Crippen molar-refractivity contribution < 1.29 is 42.2 Å². The highest BCUT2D eigenvalue weighted by molar-refractivity contribution is 9.10. The number of anilines is 2. The van der Waals surface area contributed by atoms with E-state index in [1.54, 1.807) is 60.7 Å². The molecule has 0 radical (unpaired) electrons. The highest BCUT2D eigenvalue weighted by Gasteiger charge is 2.70. The van der Waals surface area contributed by atoms with Crippen LogP contribution in [0.25, 0.3) is 0 Å². The number of amides is 4. The fourth-order valence-corrected chi connectivity index (χ4v) is 10.1. The van der Waals surface area contributed by atoms with E-state index in [1.807, 2.05) is 6.08 Å². The highest BCUT2D eigenvalue weighted by Crippen LogP contribution is 2.65. The second-order valence-corrected chi connectivity index (χ2v) is 15.9. The Morgan fingerprint density at radius 2 is 1.68 bits per heavy atom. The summed E-state index contributed by atoms with van der Waals surface area (Å²) in [6.07, 6.45) is -2.99.